The molecule has 0 aliphatic carbocycles. The fourth-order valence-electron chi connectivity index (χ4n) is 2.05. The van der Waals surface area contributed by atoms with Crippen molar-refractivity contribution in [3.63, 3.8) is 0 Å². The number of carbonyl (C=O) groups excluding carboxylic acids is 1. The predicted octanol–water partition coefficient (Wildman–Crippen LogP) is 0.348. The number of nitrogens with one attached hydrogen (secondary N) is 2. The molecular weight excluding hydrogens is 254 g/mol. The van der Waals surface area contributed by atoms with E-state index in [4.69, 9.17) is 0 Å². The van der Waals surface area contributed by atoms with Crippen molar-refractivity contribution in [3.05, 3.63) is 12.4 Å². The van der Waals surface area contributed by atoms with Gasteiger partial charge in [0.05, 0.1) is 12.7 Å². The highest BCUT2D eigenvalue weighted by Gasteiger charge is 2.13. The summed E-state index contributed by atoms with van der Waals surface area (Å²) in [5.74, 6) is 0.0819. The Hall–Kier alpha value is -1.14. The summed E-state index contributed by atoms with van der Waals surface area (Å²) < 4.78 is 1.66. The van der Waals surface area contributed by atoms with Crippen LogP contribution in [0.1, 0.15) is 25.7 Å². The summed E-state index contributed by atoms with van der Waals surface area (Å²) in [4.78, 5) is 11.5. The van der Waals surface area contributed by atoms with Gasteiger partial charge in [-0.2, -0.15) is 0 Å². The number of aromatic nitrogens is 3. The molecule has 7 heteroatoms. The molecule has 2 rings (SSSR count). The van der Waals surface area contributed by atoms with Gasteiger partial charge in [0.25, 0.3) is 0 Å². The minimum absolute atomic E-state index is 0. The summed E-state index contributed by atoms with van der Waals surface area (Å²) in [5.41, 5.74) is 0. The van der Waals surface area contributed by atoms with Gasteiger partial charge in [0.2, 0.25) is 5.91 Å². The Labute approximate surface area is 113 Å². The smallest absolute Gasteiger partial charge is 0.221 e. The third-order valence-corrected chi connectivity index (χ3v) is 3.02. The molecule has 1 aliphatic rings. The van der Waals surface area contributed by atoms with Gasteiger partial charge in [0.15, 0.2) is 0 Å². The Kier molecular flexibility index (Phi) is 6.67. The number of hydrogen-bond donors (Lipinski definition) is 2. The second kappa shape index (κ2) is 8.05. The van der Waals surface area contributed by atoms with E-state index in [1.165, 1.54) is 12.8 Å². The number of halogens is 1. The van der Waals surface area contributed by atoms with Gasteiger partial charge >= 0.3 is 0 Å². The average molecular weight is 274 g/mol. The zero-order valence-corrected chi connectivity index (χ0v) is 11.2. The lowest BCUT2D eigenvalue weighted by molar-refractivity contribution is -0.121. The number of hydrogen-bond acceptors (Lipinski definition) is 4. The topological polar surface area (TPSA) is 71.8 Å². The largest absolute Gasteiger partial charge is 0.356 e. The van der Waals surface area contributed by atoms with Crippen LogP contribution >= 0.6 is 12.4 Å². The van der Waals surface area contributed by atoms with Crippen LogP contribution in [0.5, 0.6) is 0 Å². The van der Waals surface area contributed by atoms with E-state index in [1.54, 1.807) is 17.1 Å². The van der Waals surface area contributed by atoms with E-state index >= 15 is 0 Å². The first kappa shape index (κ1) is 14.9. The Balaban J connectivity index is 0.00000162. The maximum absolute atomic E-state index is 11.5. The van der Waals surface area contributed by atoms with Crippen LogP contribution in [0.3, 0.4) is 0 Å². The van der Waals surface area contributed by atoms with Crippen molar-refractivity contribution >= 4 is 18.3 Å². The highest BCUT2D eigenvalue weighted by atomic mass is 35.5. The molecule has 0 bridgehead atoms. The van der Waals surface area contributed by atoms with Crippen LogP contribution in [0.25, 0.3) is 0 Å². The molecule has 0 saturated carbocycles. The number of carbonyl (C=O) groups is 1. The number of nitrogens with zero attached hydrogens (tertiary/aromatic N) is 3. The van der Waals surface area contributed by atoms with Crippen molar-refractivity contribution in [2.45, 2.75) is 38.3 Å². The van der Waals surface area contributed by atoms with Gasteiger partial charge in [-0.05, 0) is 25.8 Å². The number of rotatable bonds is 6. The van der Waals surface area contributed by atoms with Gasteiger partial charge < -0.3 is 10.6 Å². The molecular formula is C11H20ClN5O. The van der Waals surface area contributed by atoms with E-state index < -0.39 is 0 Å². The molecule has 18 heavy (non-hydrogen) atoms. The third-order valence-electron chi connectivity index (χ3n) is 3.02. The Morgan fingerprint density at radius 2 is 2.44 bits per heavy atom. The first-order chi connectivity index (χ1) is 8.34. The SMILES string of the molecule is Cl.O=C(CCn1ccnn1)NCC[C@H]1CCCN1. The average Bonchev–Trinajstić information content (AvgIpc) is 2.99. The normalized spacial score (nSPS) is 18.3. The molecule has 1 saturated heterocycles. The molecule has 102 valence electrons. The van der Waals surface area contributed by atoms with Crippen molar-refractivity contribution in [2.24, 2.45) is 0 Å². The van der Waals surface area contributed by atoms with E-state index in [1.807, 2.05) is 0 Å². The van der Waals surface area contributed by atoms with Crippen molar-refractivity contribution in [1.29, 1.82) is 0 Å². The van der Waals surface area contributed by atoms with Crippen molar-refractivity contribution in [2.75, 3.05) is 13.1 Å². The summed E-state index contributed by atoms with van der Waals surface area (Å²) in [6.45, 7) is 2.46. The van der Waals surface area contributed by atoms with Crippen LogP contribution in [0, 0.1) is 0 Å². The standard InChI is InChI=1S/C11H19N5O.ClH/c17-11(4-8-16-9-7-14-15-16)13-6-3-10-2-1-5-12-10;/h7,9-10,12H,1-6,8H2,(H,13,17);1H/t10-;/m1./s1. The highest BCUT2D eigenvalue weighted by molar-refractivity contribution is 5.85. The summed E-state index contributed by atoms with van der Waals surface area (Å²) in [6, 6.07) is 0.589. The lowest BCUT2D eigenvalue weighted by Gasteiger charge is -2.10. The van der Waals surface area contributed by atoms with E-state index in [-0.39, 0.29) is 18.3 Å². The molecule has 2 N–H and O–H groups in total. The molecule has 0 aromatic carbocycles. The highest BCUT2D eigenvalue weighted by Crippen LogP contribution is 2.07. The van der Waals surface area contributed by atoms with Crippen LogP contribution in [-0.4, -0.2) is 40.0 Å². The Morgan fingerprint density at radius 3 is 3.11 bits per heavy atom. The molecule has 0 radical (unpaired) electrons. The second-order valence-corrected chi connectivity index (χ2v) is 4.35. The van der Waals surface area contributed by atoms with Crippen LogP contribution < -0.4 is 10.6 Å². The molecule has 1 aliphatic heterocycles. The van der Waals surface area contributed by atoms with Crippen molar-refractivity contribution in [1.82, 2.24) is 25.6 Å². The van der Waals surface area contributed by atoms with Crippen LogP contribution in [0.15, 0.2) is 12.4 Å². The predicted molar refractivity (Wildman–Crippen MR) is 70.5 cm³/mol. The summed E-state index contributed by atoms with van der Waals surface area (Å²) >= 11 is 0. The molecule has 1 aromatic rings. The van der Waals surface area contributed by atoms with E-state index in [0.717, 1.165) is 19.5 Å². The molecule has 0 spiro atoms. The van der Waals surface area contributed by atoms with Crippen LogP contribution in [0.4, 0.5) is 0 Å². The van der Waals surface area contributed by atoms with Crippen LogP contribution in [0.2, 0.25) is 0 Å². The minimum atomic E-state index is 0. The monoisotopic (exact) mass is 273 g/mol. The molecule has 1 fully saturated rings. The maximum atomic E-state index is 11.5. The lowest BCUT2D eigenvalue weighted by Crippen LogP contribution is -2.31. The van der Waals surface area contributed by atoms with Crippen LogP contribution in [-0.2, 0) is 11.3 Å². The van der Waals surface area contributed by atoms with E-state index in [9.17, 15) is 4.79 Å². The maximum Gasteiger partial charge on any atom is 0.221 e. The molecule has 1 aromatic heterocycles. The molecule has 0 unspecified atom stereocenters. The van der Waals surface area contributed by atoms with Gasteiger partial charge in [-0.3, -0.25) is 9.48 Å². The Morgan fingerprint density at radius 1 is 1.56 bits per heavy atom. The van der Waals surface area contributed by atoms with Gasteiger partial charge in [-0.15, -0.1) is 17.5 Å². The van der Waals surface area contributed by atoms with E-state index in [0.29, 0.717) is 19.0 Å². The summed E-state index contributed by atoms with van der Waals surface area (Å²) in [6.07, 6.45) is 7.34. The van der Waals surface area contributed by atoms with Gasteiger partial charge in [-0.1, -0.05) is 5.21 Å². The summed E-state index contributed by atoms with van der Waals surface area (Å²) in [5, 5.41) is 13.8. The number of aryl methyl sites for hydroxylation is 1. The molecule has 6 nitrogen and oxygen atoms in total. The van der Waals surface area contributed by atoms with Gasteiger partial charge in [0.1, 0.15) is 0 Å². The molecule has 1 amide bonds. The summed E-state index contributed by atoms with van der Waals surface area (Å²) in [7, 11) is 0. The van der Waals surface area contributed by atoms with Crippen molar-refractivity contribution in [3.8, 4) is 0 Å². The zero-order valence-electron chi connectivity index (χ0n) is 10.3. The fourth-order valence-corrected chi connectivity index (χ4v) is 2.05. The minimum Gasteiger partial charge on any atom is -0.356 e. The zero-order chi connectivity index (χ0) is 11.9. The number of amides is 1. The quantitative estimate of drug-likeness (QED) is 0.785. The van der Waals surface area contributed by atoms with Gasteiger partial charge in [0, 0.05) is 25.2 Å². The molecule has 2 heterocycles. The Bertz CT molecular complexity index is 337. The molecule has 1 atom stereocenters. The lowest BCUT2D eigenvalue weighted by atomic mass is 10.1. The first-order valence-electron chi connectivity index (χ1n) is 6.19. The van der Waals surface area contributed by atoms with Gasteiger partial charge in [-0.25, -0.2) is 0 Å². The van der Waals surface area contributed by atoms with E-state index in [2.05, 4.69) is 20.9 Å². The second-order valence-electron chi connectivity index (χ2n) is 4.35. The fraction of sp³-hybridized carbons (Fsp3) is 0.727. The third kappa shape index (κ3) is 5.01. The first-order valence-corrected chi connectivity index (χ1v) is 6.19. The van der Waals surface area contributed by atoms with Crippen molar-refractivity contribution < 1.29 is 4.79 Å².